The average Bonchev–Trinajstić information content (AvgIpc) is 3.09. The van der Waals surface area contributed by atoms with Crippen LogP contribution in [0.15, 0.2) is 92.0 Å². The maximum absolute atomic E-state index is 12.2. The summed E-state index contributed by atoms with van der Waals surface area (Å²) in [6, 6.07) is 18.3. The van der Waals surface area contributed by atoms with E-state index in [1.54, 1.807) is 48.5 Å². The molecule has 16 nitrogen and oxygen atoms in total. The Balaban J connectivity index is 1.41. The molecule has 4 aromatic rings. The van der Waals surface area contributed by atoms with Gasteiger partial charge in [-0.15, -0.1) is 0 Å². The van der Waals surface area contributed by atoms with Gasteiger partial charge in [0.15, 0.2) is 0 Å². The lowest BCUT2D eigenvalue weighted by Crippen LogP contribution is -2.42. The van der Waals surface area contributed by atoms with Crippen LogP contribution in [0.2, 0.25) is 0 Å². The van der Waals surface area contributed by atoms with Crippen LogP contribution >= 0.6 is 0 Å². The Kier molecular flexibility index (Phi) is 12.3. The van der Waals surface area contributed by atoms with Crippen molar-refractivity contribution in [2.75, 3.05) is 52.4 Å². The Morgan fingerprint density at radius 2 is 0.580 bits per heavy atom. The lowest BCUT2D eigenvalue weighted by Gasteiger charge is -2.32. The van der Waals surface area contributed by atoms with Gasteiger partial charge in [0.1, 0.15) is 0 Å². The van der Waals surface area contributed by atoms with Gasteiger partial charge in [-0.25, -0.2) is 0 Å². The van der Waals surface area contributed by atoms with Crippen LogP contribution in [0.3, 0.4) is 0 Å². The van der Waals surface area contributed by atoms with E-state index in [1.165, 1.54) is 24.3 Å². The van der Waals surface area contributed by atoms with E-state index in [0.717, 1.165) is 0 Å². The van der Waals surface area contributed by atoms with E-state index >= 15 is 0 Å². The summed E-state index contributed by atoms with van der Waals surface area (Å²) in [5.74, 6) is 0. The fourth-order valence-electron chi connectivity index (χ4n) is 6.17. The summed E-state index contributed by atoms with van der Waals surface area (Å²) < 4.78 is 2.58. The van der Waals surface area contributed by atoms with Crippen molar-refractivity contribution in [3.8, 4) is 0 Å². The van der Waals surface area contributed by atoms with Crippen LogP contribution in [0.5, 0.6) is 0 Å². The second kappa shape index (κ2) is 17.0. The van der Waals surface area contributed by atoms with Crippen molar-refractivity contribution >= 4 is 0 Å². The normalized spacial score (nSPS) is 16.6. The van der Waals surface area contributed by atoms with Gasteiger partial charge < -0.3 is 20.8 Å². The Labute approximate surface area is 287 Å². The van der Waals surface area contributed by atoms with Crippen LogP contribution in [0.25, 0.3) is 0 Å². The summed E-state index contributed by atoms with van der Waals surface area (Å²) in [6.07, 6.45) is 1.32. The highest BCUT2D eigenvalue weighted by atomic mass is 16.5. The summed E-state index contributed by atoms with van der Waals surface area (Å²) in [5, 5.41) is 41.7. The summed E-state index contributed by atoms with van der Waals surface area (Å²) in [6.45, 7) is 5.61. The molecule has 0 saturated carbocycles. The van der Waals surface area contributed by atoms with E-state index in [-0.39, 0.29) is 0 Å². The molecule has 5 rings (SSSR count). The van der Waals surface area contributed by atoms with Crippen LogP contribution in [0.4, 0.5) is 0 Å². The second-order valence-corrected chi connectivity index (χ2v) is 12.5. The molecule has 0 atom stereocenters. The Morgan fingerprint density at radius 1 is 0.360 bits per heavy atom. The topological polar surface area (TPSA) is 182 Å². The number of hydrogen-bond donors (Lipinski definition) is 4. The Bertz CT molecular complexity index is 1690. The molecule has 1 saturated heterocycles. The number of pyridine rings is 4. The minimum Gasteiger partial charge on any atom is -0.425 e. The Hall–Kier alpha value is -5.16. The van der Waals surface area contributed by atoms with Crippen molar-refractivity contribution in [3.63, 3.8) is 0 Å². The zero-order valence-electron chi connectivity index (χ0n) is 27.8. The van der Waals surface area contributed by atoms with Crippen molar-refractivity contribution in [1.82, 2.24) is 38.5 Å². The van der Waals surface area contributed by atoms with Gasteiger partial charge >= 0.3 is 0 Å². The minimum absolute atomic E-state index is 0.291. The van der Waals surface area contributed by atoms with Crippen LogP contribution in [-0.2, 0) is 26.2 Å². The first kappa shape index (κ1) is 36.1. The van der Waals surface area contributed by atoms with E-state index in [0.29, 0.717) is 133 Å². The molecule has 0 spiro atoms. The van der Waals surface area contributed by atoms with Crippen molar-refractivity contribution in [2.45, 2.75) is 39.0 Å². The van der Waals surface area contributed by atoms with Crippen LogP contribution in [-0.4, -0.2) is 112 Å². The zero-order valence-corrected chi connectivity index (χ0v) is 27.8. The molecule has 1 fully saturated rings. The standard InChI is InChI=1S/C34H44N8O8/c43-31-11-1-7-27(39(31)47)23-35-15-5-16-37(25-29-9-3-13-33(45)41(29)49)21-22-38(26-30-10-4-14-34(46)42(30)50)18-6-17-36(20-19-35)24-28-8-2-12-32(44)40(28)48/h1-4,7-14,47-50H,5-6,15-26H2. The maximum atomic E-state index is 12.2. The predicted molar refractivity (Wildman–Crippen MR) is 182 cm³/mol. The third kappa shape index (κ3) is 9.50. The molecule has 0 radical (unpaired) electrons. The summed E-state index contributed by atoms with van der Waals surface area (Å²) in [4.78, 5) is 57.2. The van der Waals surface area contributed by atoms with Crippen molar-refractivity contribution in [2.24, 2.45) is 0 Å². The molecular weight excluding hydrogens is 648 g/mol. The monoisotopic (exact) mass is 692 g/mol. The molecule has 5 heterocycles. The maximum Gasteiger partial charge on any atom is 0.283 e. The average molecular weight is 693 g/mol. The molecule has 0 aliphatic carbocycles. The first-order valence-electron chi connectivity index (χ1n) is 16.6. The highest BCUT2D eigenvalue weighted by molar-refractivity contribution is 5.08. The SMILES string of the molecule is O=c1cccc(CN2CCCN(Cc3cccc(=O)n3O)CCN(Cc3cccc(=O)n3O)CCCN(Cc3cccc(=O)n3O)CC2)n1O. The number of rotatable bonds is 8. The molecule has 1 aliphatic heterocycles. The van der Waals surface area contributed by atoms with Gasteiger partial charge in [-0.3, -0.25) is 38.8 Å². The number of nitrogens with zero attached hydrogens (tertiary/aromatic N) is 8. The molecular formula is C34H44N8O8. The predicted octanol–water partition coefficient (Wildman–Crippen LogP) is 0.385. The van der Waals surface area contributed by atoms with Crippen molar-refractivity contribution < 1.29 is 20.8 Å². The fourth-order valence-corrected chi connectivity index (χ4v) is 6.17. The molecule has 4 N–H and O–H groups in total. The lowest BCUT2D eigenvalue weighted by atomic mass is 10.2. The zero-order chi connectivity index (χ0) is 35.6. The first-order valence-corrected chi connectivity index (χ1v) is 16.6. The molecule has 0 amide bonds. The molecule has 50 heavy (non-hydrogen) atoms. The Morgan fingerprint density at radius 3 is 0.800 bits per heavy atom. The molecule has 268 valence electrons. The molecule has 0 unspecified atom stereocenters. The minimum atomic E-state index is -0.529. The fraction of sp³-hybridized carbons (Fsp3) is 0.412. The van der Waals surface area contributed by atoms with Gasteiger partial charge in [-0.2, -0.15) is 18.9 Å². The van der Waals surface area contributed by atoms with Gasteiger partial charge in [-0.05, 0) is 63.3 Å². The molecule has 4 aromatic heterocycles. The highest BCUT2D eigenvalue weighted by Crippen LogP contribution is 2.12. The van der Waals surface area contributed by atoms with Crippen molar-refractivity contribution in [1.29, 1.82) is 0 Å². The molecule has 0 bridgehead atoms. The van der Waals surface area contributed by atoms with Gasteiger partial charge in [-0.1, -0.05) is 24.3 Å². The second-order valence-electron chi connectivity index (χ2n) is 12.5. The third-order valence-corrected chi connectivity index (χ3v) is 8.94. The van der Waals surface area contributed by atoms with Gasteiger partial charge in [0.25, 0.3) is 22.2 Å². The first-order chi connectivity index (χ1) is 24.1. The molecule has 0 aromatic carbocycles. The van der Waals surface area contributed by atoms with Crippen LogP contribution in [0, 0.1) is 0 Å². The smallest absolute Gasteiger partial charge is 0.283 e. The van der Waals surface area contributed by atoms with Gasteiger partial charge in [0.05, 0.1) is 22.8 Å². The van der Waals surface area contributed by atoms with E-state index in [4.69, 9.17) is 0 Å². The highest BCUT2D eigenvalue weighted by Gasteiger charge is 2.19. The quantitative estimate of drug-likeness (QED) is 0.187. The number of hydrogen-bond acceptors (Lipinski definition) is 12. The lowest BCUT2D eigenvalue weighted by molar-refractivity contribution is 0.111. The van der Waals surface area contributed by atoms with Gasteiger partial charge in [0.2, 0.25) is 0 Å². The van der Waals surface area contributed by atoms with E-state index in [1.807, 2.05) is 0 Å². The van der Waals surface area contributed by atoms with Crippen molar-refractivity contribution in [3.05, 3.63) is 137 Å². The largest absolute Gasteiger partial charge is 0.425 e. The third-order valence-electron chi connectivity index (χ3n) is 8.94. The summed E-state index contributed by atoms with van der Waals surface area (Å²) in [7, 11) is 0. The van der Waals surface area contributed by atoms with E-state index < -0.39 is 22.2 Å². The van der Waals surface area contributed by atoms with Crippen LogP contribution < -0.4 is 22.2 Å². The van der Waals surface area contributed by atoms with E-state index in [9.17, 15) is 40.0 Å². The molecule has 16 heteroatoms. The van der Waals surface area contributed by atoms with Crippen LogP contribution in [0.1, 0.15) is 35.6 Å². The van der Waals surface area contributed by atoms with E-state index in [2.05, 4.69) is 19.6 Å². The molecule has 1 aliphatic rings. The summed E-state index contributed by atoms with van der Waals surface area (Å²) in [5.41, 5.74) is -0.388. The van der Waals surface area contributed by atoms with Gasteiger partial charge in [0, 0.05) is 76.6 Å². The summed E-state index contributed by atoms with van der Waals surface area (Å²) >= 11 is 0. The number of aromatic nitrogens is 4.